The standard InChI is InChI=1S/C13H18N6O2/c1-7-3-8(12(20)21)6-19(5-7)13-16-10(14)9-4-15-18(2)11(9)17-13/h4,7-8H,3,5-6H2,1-2H3,(H,20,21)(H2,14,16,17). The summed E-state index contributed by atoms with van der Waals surface area (Å²) < 4.78 is 1.64. The molecule has 0 saturated carbocycles. The number of nitrogen functional groups attached to an aromatic ring is 1. The number of aliphatic carboxylic acids is 1. The Labute approximate surface area is 121 Å². The molecule has 2 aromatic heterocycles. The molecule has 21 heavy (non-hydrogen) atoms. The number of carbonyl (C=O) groups is 1. The summed E-state index contributed by atoms with van der Waals surface area (Å²) in [6, 6.07) is 0. The number of carboxylic acids is 1. The Hall–Kier alpha value is -2.38. The average Bonchev–Trinajstić information content (AvgIpc) is 2.80. The normalized spacial score (nSPS) is 22.7. The van der Waals surface area contributed by atoms with E-state index in [1.807, 2.05) is 11.8 Å². The molecule has 2 unspecified atom stereocenters. The molecular formula is C13H18N6O2. The van der Waals surface area contributed by atoms with Crippen molar-refractivity contribution in [1.29, 1.82) is 0 Å². The van der Waals surface area contributed by atoms with Crippen molar-refractivity contribution in [2.45, 2.75) is 13.3 Å². The average molecular weight is 290 g/mol. The maximum Gasteiger partial charge on any atom is 0.308 e. The second kappa shape index (κ2) is 4.87. The van der Waals surface area contributed by atoms with E-state index in [9.17, 15) is 9.90 Å². The number of aryl methyl sites for hydroxylation is 1. The van der Waals surface area contributed by atoms with Crippen LogP contribution in [0.4, 0.5) is 11.8 Å². The van der Waals surface area contributed by atoms with E-state index < -0.39 is 11.9 Å². The fourth-order valence-corrected chi connectivity index (χ4v) is 2.87. The molecular weight excluding hydrogens is 272 g/mol. The first-order valence-corrected chi connectivity index (χ1v) is 6.88. The summed E-state index contributed by atoms with van der Waals surface area (Å²) in [5, 5.41) is 14.1. The van der Waals surface area contributed by atoms with Gasteiger partial charge in [-0.15, -0.1) is 0 Å². The van der Waals surface area contributed by atoms with Gasteiger partial charge in [-0.1, -0.05) is 6.92 Å². The second-order valence-corrected chi connectivity index (χ2v) is 5.70. The molecule has 0 radical (unpaired) electrons. The quantitative estimate of drug-likeness (QED) is 0.828. The predicted molar refractivity (Wildman–Crippen MR) is 77.8 cm³/mol. The van der Waals surface area contributed by atoms with E-state index in [0.717, 1.165) is 6.54 Å². The van der Waals surface area contributed by atoms with Crippen LogP contribution in [-0.2, 0) is 11.8 Å². The van der Waals surface area contributed by atoms with Gasteiger partial charge in [0, 0.05) is 20.1 Å². The van der Waals surface area contributed by atoms with Crippen molar-refractivity contribution < 1.29 is 9.90 Å². The van der Waals surface area contributed by atoms with Crippen LogP contribution in [0.2, 0.25) is 0 Å². The second-order valence-electron chi connectivity index (χ2n) is 5.70. The zero-order valence-corrected chi connectivity index (χ0v) is 12.0. The fraction of sp³-hybridized carbons (Fsp3) is 0.538. The summed E-state index contributed by atoms with van der Waals surface area (Å²) in [7, 11) is 1.79. The third-order valence-corrected chi connectivity index (χ3v) is 3.90. The number of nitrogens with two attached hydrogens (primary N) is 1. The third kappa shape index (κ3) is 2.37. The van der Waals surface area contributed by atoms with Gasteiger partial charge in [-0.3, -0.25) is 9.48 Å². The molecule has 8 nitrogen and oxygen atoms in total. The summed E-state index contributed by atoms with van der Waals surface area (Å²) in [5.41, 5.74) is 6.61. The summed E-state index contributed by atoms with van der Waals surface area (Å²) in [6.07, 6.45) is 2.31. The van der Waals surface area contributed by atoms with Gasteiger partial charge in [0.25, 0.3) is 0 Å². The number of hydrogen-bond donors (Lipinski definition) is 2. The Balaban J connectivity index is 1.99. The van der Waals surface area contributed by atoms with Gasteiger partial charge in [0.05, 0.1) is 17.5 Å². The van der Waals surface area contributed by atoms with E-state index in [1.54, 1.807) is 17.9 Å². The van der Waals surface area contributed by atoms with Crippen molar-refractivity contribution >= 4 is 28.8 Å². The summed E-state index contributed by atoms with van der Waals surface area (Å²) in [4.78, 5) is 22.0. The highest BCUT2D eigenvalue weighted by Gasteiger charge is 2.31. The van der Waals surface area contributed by atoms with Crippen LogP contribution in [0, 0.1) is 11.8 Å². The zero-order valence-electron chi connectivity index (χ0n) is 12.0. The van der Waals surface area contributed by atoms with Crippen LogP contribution in [-0.4, -0.2) is 43.9 Å². The molecule has 0 amide bonds. The van der Waals surface area contributed by atoms with Crippen LogP contribution in [0.5, 0.6) is 0 Å². The molecule has 0 bridgehead atoms. The molecule has 2 aromatic rings. The van der Waals surface area contributed by atoms with E-state index in [4.69, 9.17) is 5.73 Å². The van der Waals surface area contributed by atoms with Crippen LogP contribution in [0.25, 0.3) is 11.0 Å². The molecule has 0 aromatic carbocycles. The minimum atomic E-state index is -0.777. The predicted octanol–water partition coefficient (Wildman–Crippen LogP) is 0.492. The molecule has 112 valence electrons. The molecule has 1 aliphatic heterocycles. The zero-order chi connectivity index (χ0) is 15.1. The van der Waals surface area contributed by atoms with Crippen molar-refractivity contribution in [3.05, 3.63) is 6.20 Å². The van der Waals surface area contributed by atoms with Gasteiger partial charge in [0.15, 0.2) is 5.65 Å². The molecule has 8 heteroatoms. The Morgan fingerprint density at radius 1 is 1.43 bits per heavy atom. The lowest BCUT2D eigenvalue weighted by Gasteiger charge is -2.34. The van der Waals surface area contributed by atoms with Crippen molar-refractivity contribution in [3.8, 4) is 0 Å². The van der Waals surface area contributed by atoms with E-state index in [1.165, 1.54) is 0 Å². The van der Waals surface area contributed by atoms with Gasteiger partial charge in [-0.2, -0.15) is 15.1 Å². The summed E-state index contributed by atoms with van der Waals surface area (Å²) in [5.74, 6) is -0.0662. The number of nitrogens with zero attached hydrogens (tertiary/aromatic N) is 5. The number of piperidine rings is 1. The van der Waals surface area contributed by atoms with Crippen LogP contribution >= 0.6 is 0 Å². The topological polar surface area (TPSA) is 110 Å². The fourth-order valence-electron chi connectivity index (χ4n) is 2.87. The molecule has 1 aliphatic rings. The summed E-state index contributed by atoms with van der Waals surface area (Å²) in [6.45, 7) is 3.17. The van der Waals surface area contributed by atoms with Crippen LogP contribution in [0.3, 0.4) is 0 Å². The molecule has 1 saturated heterocycles. The molecule has 0 aliphatic carbocycles. The van der Waals surface area contributed by atoms with Crippen molar-refractivity contribution in [2.75, 3.05) is 23.7 Å². The van der Waals surface area contributed by atoms with Crippen LogP contribution < -0.4 is 10.6 Å². The minimum Gasteiger partial charge on any atom is -0.481 e. The first kappa shape index (κ1) is 13.6. The number of fused-ring (bicyclic) bond motifs is 1. The number of anilines is 2. The first-order chi connectivity index (χ1) is 9.95. The molecule has 3 heterocycles. The van der Waals surface area contributed by atoms with Crippen molar-refractivity contribution in [2.24, 2.45) is 18.9 Å². The smallest absolute Gasteiger partial charge is 0.308 e. The van der Waals surface area contributed by atoms with Gasteiger partial charge in [0.2, 0.25) is 5.95 Å². The van der Waals surface area contributed by atoms with E-state index in [0.29, 0.717) is 35.8 Å². The van der Waals surface area contributed by atoms with Crippen LogP contribution in [0.15, 0.2) is 6.20 Å². The van der Waals surface area contributed by atoms with E-state index >= 15 is 0 Å². The Morgan fingerprint density at radius 2 is 2.19 bits per heavy atom. The van der Waals surface area contributed by atoms with Gasteiger partial charge in [-0.05, 0) is 12.3 Å². The molecule has 2 atom stereocenters. The van der Waals surface area contributed by atoms with E-state index in [2.05, 4.69) is 15.1 Å². The number of aromatic nitrogens is 4. The number of carboxylic acid groups (broad SMARTS) is 1. The maximum absolute atomic E-state index is 11.3. The SMILES string of the molecule is CC1CC(C(=O)O)CN(c2nc(N)c3cnn(C)c3n2)C1. The highest BCUT2D eigenvalue weighted by molar-refractivity contribution is 5.86. The molecule has 3 rings (SSSR count). The monoisotopic (exact) mass is 290 g/mol. The third-order valence-electron chi connectivity index (χ3n) is 3.90. The van der Waals surface area contributed by atoms with Crippen molar-refractivity contribution in [3.63, 3.8) is 0 Å². The van der Waals surface area contributed by atoms with E-state index in [-0.39, 0.29) is 5.92 Å². The molecule has 3 N–H and O–H groups in total. The lowest BCUT2D eigenvalue weighted by atomic mass is 9.91. The lowest BCUT2D eigenvalue weighted by molar-refractivity contribution is -0.142. The van der Waals surface area contributed by atoms with Gasteiger partial charge in [-0.25, -0.2) is 0 Å². The Kier molecular flexibility index (Phi) is 3.15. The minimum absolute atomic E-state index is 0.270. The first-order valence-electron chi connectivity index (χ1n) is 6.88. The van der Waals surface area contributed by atoms with Crippen molar-refractivity contribution in [1.82, 2.24) is 19.7 Å². The van der Waals surface area contributed by atoms with Gasteiger partial charge >= 0.3 is 5.97 Å². The Bertz CT molecular complexity index is 697. The van der Waals surface area contributed by atoms with Gasteiger partial charge < -0.3 is 15.7 Å². The number of rotatable bonds is 2. The maximum atomic E-state index is 11.3. The molecule has 0 spiro atoms. The number of hydrogen-bond acceptors (Lipinski definition) is 6. The lowest BCUT2D eigenvalue weighted by Crippen LogP contribution is -2.43. The summed E-state index contributed by atoms with van der Waals surface area (Å²) >= 11 is 0. The van der Waals surface area contributed by atoms with Gasteiger partial charge in [0.1, 0.15) is 5.82 Å². The highest BCUT2D eigenvalue weighted by Crippen LogP contribution is 2.27. The highest BCUT2D eigenvalue weighted by atomic mass is 16.4. The largest absolute Gasteiger partial charge is 0.481 e. The van der Waals surface area contributed by atoms with Crippen LogP contribution in [0.1, 0.15) is 13.3 Å². The molecule has 1 fully saturated rings. The Morgan fingerprint density at radius 3 is 2.90 bits per heavy atom.